The molecule has 1 heterocycles. The second-order valence-corrected chi connectivity index (χ2v) is 14.2. The zero-order valence-electron chi connectivity index (χ0n) is 28.7. The summed E-state index contributed by atoms with van der Waals surface area (Å²) in [5.41, 5.74) is 14.7. The molecule has 0 atom stereocenters. The Bertz CT molecular complexity index is 2720. The summed E-state index contributed by atoms with van der Waals surface area (Å²) in [7, 11) is 0. The molecule has 0 saturated heterocycles. The van der Waals surface area contributed by atoms with Crippen LogP contribution in [0.1, 0.15) is 25.0 Å². The Labute approximate surface area is 298 Å². The lowest BCUT2D eigenvalue weighted by Crippen LogP contribution is -2.17. The molecule has 0 bridgehead atoms. The van der Waals surface area contributed by atoms with E-state index in [-0.39, 0.29) is 5.41 Å². The third-order valence-electron chi connectivity index (χ3n) is 10.9. The van der Waals surface area contributed by atoms with Gasteiger partial charge in [-0.2, -0.15) is 0 Å². The SMILES string of the molecule is CC1(C)c2cc(N(c3ccccc3)c3ccccc3)ccc2-c2ccc(-n3c4ccccc4c4cc5ccccc5c(-c5ccccc5)c43)cc21. The molecule has 1 aliphatic rings. The van der Waals surface area contributed by atoms with Gasteiger partial charge in [0.2, 0.25) is 0 Å². The number of para-hydroxylation sites is 3. The van der Waals surface area contributed by atoms with Gasteiger partial charge in [-0.1, -0.05) is 135 Å². The first-order valence-electron chi connectivity index (χ1n) is 17.8. The summed E-state index contributed by atoms with van der Waals surface area (Å²) in [6.45, 7) is 4.77. The van der Waals surface area contributed by atoms with E-state index in [0.29, 0.717) is 0 Å². The van der Waals surface area contributed by atoms with Crippen molar-refractivity contribution in [2.45, 2.75) is 19.3 Å². The first-order chi connectivity index (χ1) is 25.1. The summed E-state index contributed by atoms with van der Waals surface area (Å²) in [4.78, 5) is 2.36. The van der Waals surface area contributed by atoms with Crippen molar-refractivity contribution in [1.82, 2.24) is 4.57 Å². The zero-order valence-corrected chi connectivity index (χ0v) is 28.7. The van der Waals surface area contributed by atoms with E-state index in [1.165, 1.54) is 71.6 Å². The molecule has 2 nitrogen and oxygen atoms in total. The molecule has 51 heavy (non-hydrogen) atoms. The smallest absolute Gasteiger partial charge is 0.0625 e. The standard InChI is InChI=1S/C49H36N2/c1-49(2)44-31-37(50(35-19-8-4-9-20-35)36-21-10-5-11-22-36)26-28-40(44)41-29-27-38(32-45(41)49)51-46-25-15-14-24-42(46)43-30-34-18-12-13-23-39(34)47(48(43)51)33-16-6-3-7-17-33/h3-32H,1-2H3. The third-order valence-corrected chi connectivity index (χ3v) is 10.9. The Morgan fingerprint density at radius 1 is 0.451 bits per heavy atom. The predicted molar refractivity (Wildman–Crippen MR) is 216 cm³/mol. The van der Waals surface area contributed by atoms with E-state index in [9.17, 15) is 0 Å². The highest BCUT2D eigenvalue weighted by molar-refractivity contribution is 6.21. The van der Waals surface area contributed by atoms with Gasteiger partial charge in [0.25, 0.3) is 0 Å². The molecular weight excluding hydrogens is 617 g/mol. The molecule has 0 fully saturated rings. The minimum Gasteiger partial charge on any atom is -0.310 e. The topological polar surface area (TPSA) is 8.17 Å². The molecule has 0 amide bonds. The van der Waals surface area contributed by atoms with Crippen LogP contribution >= 0.6 is 0 Å². The average Bonchev–Trinajstić information content (AvgIpc) is 3.62. The number of fused-ring (bicyclic) bond motifs is 7. The lowest BCUT2D eigenvalue weighted by molar-refractivity contribution is 0.660. The quantitative estimate of drug-likeness (QED) is 0.180. The zero-order chi connectivity index (χ0) is 34.1. The van der Waals surface area contributed by atoms with Gasteiger partial charge < -0.3 is 9.47 Å². The van der Waals surface area contributed by atoms with Gasteiger partial charge in [-0.25, -0.2) is 0 Å². The monoisotopic (exact) mass is 652 g/mol. The van der Waals surface area contributed by atoms with Crippen LogP contribution in [-0.2, 0) is 5.41 Å². The van der Waals surface area contributed by atoms with Gasteiger partial charge in [0.05, 0.1) is 11.0 Å². The maximum absolute atomic E-state index is 2.51. The average molecular weight is 653 g/mol. The third kappa shape index (κ3) is 4.50. The highest BCUT2D eigenvalue weighted by atomic mass is 15.1. The number of nitrogens with zero attached hydrogens (tertiary/aromatic N) is 2. The normalized spacial score (nSPS) is 13.1. The second-order valence-electron chi connectivity index (χ2n) is 14.2. The Kier molecular flexibility index (Phi) is 6.56. The number of hydrogen-bond acceptors (Lipinski definition) is 1. The lowest BCUT2D eigenvalue weighted by atomic mass is 9.82. The molecule has 0 aliphatic heterocycles. The lowest BCUT2D eigenvalue weighted by Gasteiger charge is -2.28. The molecule has 0 saturated carbocycles. The molecule has 0 spiro atoms. The van der Waals surface area contributed by atoms with Gasteiger partial charge in [0.1, 0.15) is 0 Å². The fraction of sp³-hybridized carbons (Fsp3) is 0.0612. The molecule has 2 heteroatoms. The van der Waals surface area contributed by atoms with E-state index in [2.05, 4.69) is 205 Å². The van der Waals surface area contributed by atoms with Gasteiger partial charge in [-0.3, -0.25) is 0 Å². The van der Waals surface area contributed by atoms with Crippen LogP contribution in [0.3, 0.4) is 0 Å². The Balaban J connectivity index is 1.19. The number of aromatic nitrogens is 1. The van der Waals surface area contributed by atoms with Crippen LogP contribution in [0.15, 0.2) is 182 Å². The highest BCUT2D eigenvalue weighted by Crippen LogP contribution is 2.52. The molecule has 8 aromatic carbocycles. The van der Waals surface area contributed by atoms with Gasteiger partial charge in [-0.15, -0.1) is 0 Å². The number of benzene rings is 8. The van der Waals surface area contributed by atoms with Crippen LogP contribution in [0.4, 0.5) is 17.1 Å². The minimum atomic E-state index is -0.205. The first kappa shape index (κ1) is 29.5. The van der Waals surface area contributed by atoms with E-state index in [1.807, 2.05) is 0 Å². The van der Waals surface area contributed by atoms with Crippen molar-refractivity contribution in [3.05, 3.63) is 193 Å². The van der Waals surface area contributed by atoms with Crippen LogP contribution < -0.4 is 4.90 Å². The van der Waals surface area contributed by atoms with Crippen molar-refractivity contribution in [3.8, 4) is 27.9 Å². The van der Waals surface area contributed by atoms with Crippen LogP contribution in [0, 0.1) is 0 Å². The maximum atomic E-state index is 2.51. The van der Waals surface area contributed by atoms with Gasteiger partial charge in [0.15, 0.2) is 0 Å². The molecule has 0 radical (unpaired) electrons. The molecular formula is C49H36N2. The van der Waals surface area contributed by atoms with Crippen molar-refractivity contribution in [1.29, 1.82) is 0 Å². The Hall–Kier alpha value is -6.38. The molecule has 0 N–H and O–H groups in total. The van der Waals surface area contributed by atoms with Crippen molar-refractivity contribution in [2.75, 3.05) is 4.90 Å². The van der Waals surface area contributed by atoms with E-state index in [1.54, 1.807) is 0 Å². The van der Waals surface area contributed by atoms with Crippen molar-refractivity contribution in [3.63, 3.8) is 0 Å². The molecule has 242 valence electrons. The van der Waals surface area contributed by atoms with Gasteiger partial charge in [-0.05, 0) is 99.3 Å². The number of anilines is 3. The van der Waals surface area contributed by atoms with E-state index < -0.39 is 0 Å². The summed E-state index contributed by atoms with van der Waals surface area (Å²) >= 11 is 0. The van der Waals surface area contributed by atoms with Crippen LogP contribution in [0.25, 0.3) is 60.5 Å². The van der Waals surface area contributed by atoms with Crippen LogP contribution in [0.5, 0.6) is 0 Å². The molecule has 1 aliphatic carbocycles. The van der Waals surface area contributed by atoms with Crippen LogP contribution in [0.2, 0.25) is 0 Å². The van der Waals surface area contributed by atoms with Crippen molar-refractivity contribution in [2.24, 2.45) is 0 Å². The molecule has 0 unspecified atom stereocenters. The summed E-state index contributed by atoms with van der Waals surface area (Å²) < 4.78 is 2.51. The highest BCUT2D eigenvalue weighted by Gasteiger charge is 2.36. The van der Waals surface area contributed by atoms with Crippen molar-refractivity contribution >= 4 is 49.6 Å². The second kappa shape index (κ2) is 11.3. The van der Waals surface area contributed by atoms with E-state index >= 15 is 0 Å². The van der Waals surface area contributed by atoms with Gasteiger partial charge in [0, 0.05) is 44.5 Å². The summed E-state index contributed by atoms with van der Waals surface area (Å²) in [6, 6.07) is 66.5. The van der Waals surface area contributed by atoms with E-state index in [0.717, 1.165) is 17.1 Å². The minimum absolute atomic E-state index is 0.205. The summed E-state index contributed by atoms with van der Waals surface area (Å²) in [5.74, 6) is 0. The summed E-state index contributed by atoms with van der Waals surface area (Å²) in [6.07, 6.45) is 0. The predicted octanol–water partition coefficient (Wildman–Crippen LogP) is 13.4. The molecule has 1 aromatic heterocycles. The van der Waals surface area contributed by atoms with Crippen molar-refractivity contribution < 1.29 is 0 Å². The fourth-order valence-corrected chi connectivity index (χ4v) is 8.55. The number of hydrogen-bond donors (Lipinski definition) is 0. The largest absolute Gasteiger partial charge is 0.310 e. The van der Waals surface area contributed by atoms with Crippen LogP contribution in [-0.4, -0.2) is 4.57 Å². The maximum Gasteiger partial charge on any atom is 0.0625 e. The summed E-state index contributed by atoms with van der Waals surface area (Å²) in [5, 5.41) is 5.07. The Morgan fingerprint density at radius 3 is 1.73 bits per heavy atom. The van der Waals surface area contributed by atoms with E-state index in [4.69, 9.17) is 0 Å². The van der Waals surface area contributed by atoms with Gasteiger partial charge >= 0.3 is 0 Å². The Morgan fingerprint density at radius 2 is 1.02 bits per heavy atom. The molecule has 9 aromatic rings. The molecule has 10 rings (SSSR count). The first-order valence-corrected chi connectivity index (χ1v) is 17.8. The number of rotatable bonds is 5. The fourth-order valence-electron chi connectivity index (χ4n) is 8.55.